The van der Waals surface area contributed by atoms with Crippen molar-refractivity contribution in [2.24, 2.45) is 5.73 Å². The van der Waals surface area contributed by atoms with Crippen molar-refractivity contribution in [3.8, 4) is 5.75 Å². The second-order valence-electron chi connectivity index (χ2n) is 8.95. The second-order valence-corrected chi connectivity index (χ2v) is 8.95. The topological polar surface area (TPSA) is 123 Å². The van der Waals surface area contributed by atoms with E-state index in [0.717, 1.165) is 18.4 Å². The van der Waals surface area contributed by atoms with Crippen LogP contribution in [-0.4, -0.2) is 44.0 Å². The van der Waals surface area contributed by atoms with Crippen LogP contribution in [0.1, 0.15) is 67.3 Å². The second kappa shape index (κ2) is 15.0. The molecule has 0 atom stereocenters. The van der Waals surface area contributed by atoms with Gasteiger partial charge in [-0.05, 0) is 74.9 Å². The Morgan fingerprint density at radius 3 is 2.09 bits per heavy atom. The fraction of sp³-hybridized carbons (Fsp3) is 0.481. The Bertz CT molecular complexity index is 933. The molecule has 1 fully saturated rings. The average Bonchev–Trinajstić information content (AvgIpc) is 2.85. The predicted octanol–water partition coefficient (Wildman–Crippen LogP) is 5.94. The van der Waals surface area contributed by atoms with Crippen molar-refractivity contribution in [2.45, 2.75) is 64.3 Å². The summed E-state index contributed by atoms with van der Waals surface area (Å²) in [7, 11) is 3.91. The first-order valence-electron chi connectivity index (χ1n) is 11.8. The van der Waals surface area contributed by atoms with Gasteiger partial charge < -0.3 is 30.9 Å². The lowest BCUT2D eigenvalue weighted by Gasteiger charge is -2.22. The van der Waals surface area contributed by atoms with Crippen LogP contribution in [0, 0.1) is 6.92 Å². The summed E-state index contributed by atoms with van der Waals surface area (Å²) >= 11 is 0. The number of carbonyl (C=O) groups excluding carboxylic acids is 2. The first-order chi connectivity index (χ1) is 16.6. The Morgan fingerprint density at radius 2 is 1.60 bits per heavy atom. The highest BCUT2D eigenvalue weighted by molar-refractivity contribution is 6.00. The van der Waals surface area contributed by atoms with E-state index in [4.69, 9.17) is 15.6 Å². The van der Waals surface area contributed by atoms with Gasteiger partial charge in [0.25, 0.3) is 0 Å². The van der Waals surface area contributed by atoms with Crippen molar-refractivity contribution >= 4 is 23.4 Å². The monoisotopic (exact) mass is 493 g/mol. The average molecular weight is 494 g/mol. The van der Waals surface area contributed by atoms with E-state index in [9.17, 15) is 9.59 Å². The van der Waals surface area contributed by atoms with Crippen LogP contribution in [-0.2, 0) is 9.53 Å². The molecule has 8 heteroatoms. The maximum atomic E-state index is 12.3. The lowest BCUT2D eigenvalue weighted by Crippen LogP contribution is -2.42. The Kier molecular flexibility index (Phi) is 12.8. The first-order valence-corrected chi connectivity index (χ1v) is 11.8. The summed E-state index contributed by atoms with van der Waals surface area (Å²) in [5.41, 5.74) is 8.37. The third-order valence-corrected chi connectivity index (χ3v) is 5.56. The van der Waals surface area contributed by atoms with E-state index in [1.807, 2.05) is 37.3 Å². The number of benzene rings is 2. The molecule has 2 aromatic carbocycles. The number of methoxy groups -OCH3 is 2. The fourth-order valence-electron chi connectivity index (χ4n) is 3.74. The summed E-state index contributed by atoms with van der Waals surface area (Å²) < 4.78 is 9.64. The van der Waals surface area contributed by atoms with Gasteiger partial charge in [0.15, 0.2) is 0 Å². The molecular weight excluding hydrogens is 446 g/mol. The van der Waals surface area contributed by atoms with Crippen molar-refractivity contribution in [1.29, 1.82) is 0 Å². The fourth-order valence-corrected chi connectivity index (χ4v) is 3.74. The highest BCUT2D eigenvalue weighted by Gasteiger charge is 2.21. The number of nitrogens with one attached hydrogen (secondary N) is 2. The van der Waals surface area contributed by atoms with E-state index < -0.39 is 11.5 Å². The van der Waals surface area contributed by atoms with Gasteiger partial charge in [0.05, 0.1) is 19.9 Å². The molecule has 8 nitrogen and oxygen atoms in total. The van der Waals surface area contributed by atoms with Crippen LogP contribution in [0.25, 0.3) is 0 Å². The molecule has 0 saturated heterocycles. The standard InChI is InChI=1S/C21H26N2O2.C5H11NO2.CH4O.3H2/c1-15-8-13-20(25-2)19(14-15)23-21(24)22-18-11-9-17(10-12-18)16-6-4-3-5-7-16;1-5(2,6)4(7)8-3;1-2;;;/h8-14,16H,3-7H2,1-2H3,(H2,22,23,24);6H2,1-3H3;2H,1H3;3*1H. The van der Waals surface area contributed by atoms with Crippen molar-refractivity contribution in [3.63, 3.8) is 0 Å². The van der Waals surface area contributed by atoms with Crippen LogP contribution in [0.4, 0.5) is 16.2 Å². The molecule has 5 N–H and O–H groups in total. The summed E-state index contributed by atoms with van der Waals surface area (Å²) in [5.74, 6) is 0.930. The molecule has 0 spiro atoms. The third kappa shape index (κ3) is 10.4. The molecular formula is C27H47N3O5. The minimum atomic E-state index is -0.852. The largest absolute Gasteiger partial charge is 0.495 e. The van der Waals surface area contributed by atoms with Gasteiger partial charge in [-0.15, -0.1) is 0 Å². The Balaban J connectivity index is -0.000000818. The molecule has 35 heavy (non-hydrogen) atoms. The van der Waals surface area contributed by atoms with Crippen LogP contribution in [0.15, 0.2) is 42.5 Å². The molecule has 1 aliphatic carbocycles. The number of carbonyl (C=O) groups is 2. The zero-order valence-electron chi connectivity index (χ0n) is 21.8. The number of rotatable bonds is 5. The van der Waals surface area contributed by atoms with Crippen LogP contribution < -0.4 is 21.1 Å². The number of nitrogens with two attached hydrogens (primary N) is 1. The molecule has 1 aliphatic rings. The summed E-state index contributed by atoms with van der Waals surface area (Å²) in [6, 6.07) is 13.7. The number of amides is 2. The molecule has 0 unspecified atom stereocenters. The van der Waals surface area contributed by atoms with Crippen molar-refractivity contribution < 1.29 is 28.4 Å². The molecule has 1 saturated carbocycles. The van der Waals surface area contributed by atoms with E-state index in [-0.39, 0.29) is 10.3 Å². The quantitative estimate of drug-likeness (QED) is 0.382. The number of aryl methyl sites for hydroxylation is 1. The zero-order chi connectivity index (χ0) is 26.4. The lowest BCUT2D eigenvalue weighted by molar-refractivity contribution is -0.145. The minimum absolute atomic E-state index is 0. The Labute approximate surface area is 213 Å². The number of aliphatic hydroxyl groups is 1. The number of hydrogen-bond acceptors (Lipinski definition) is 6. The van der Waals surface area contributed by atoms with Gasteiger partial charge >= 0.3 is 12.0 Å². The van der Waals surface area contributed by atoms with E-state index in [0.29, 0.717) is 17.4 Å². The molecule has 0 radical (unpaired) electrons. The molecule has 0 aliphatic heterocycles. The van der Waals surface area contributed by atoms with Crippen molar-refractivity contribution in [1.82, 2.24) is 0 Å². The van der Waals surface area contributed by atoms with Gasteiger partial charge in [-0.2, -0.15) is 0 Å². The summed E-state index contributed by atoms with van der Waals surface area (Å²) in [5, 5.41) is 12.7. The number of ether oxygens (including phenoxy) is 2. The molecule has 2 aromatic rings. The SMILES string of the molecule is CO.COC(=O)C(C)(C)N.COc1ccc(C)cc1NC(=O)Nc1ccc(C2CCCCC2)cc1.[HH].[HH].[HH]. The summed E-state index contributed by atoms with van der Waals surface area (Å²) in [4.78, 5) is 22.8. The smallest absolute Gasteiger partial charge is 0.325 e. The highest BCUT2D eigenvalue weighted by atomic mass is 16.5. The van der Waals surface area contributed by atoms with Gasteiger partial charge in [-0.25, -0.2) is 4.79 Å². The molecule has 0 bridgehead atoms. The number of urea groups is 1. The van der Waals surface area contributed by atoms with Crippen molar-refractivity contribution in [3.05, 3.63) is 53.6 Å². The molecule has 0 aromatic heterocycles. The van der Waals surface area contributed by atoms with E-state index in [1.165, 1.54) is 44.8 Å². The van der Waals surface area contributed by atoms with Gasteiger partial charge in [0, 0.05) is 17.1 Å². The lowest BCUT2D eigenvalue weighted by atomic mass is 9.84. The molecule has 3 rings (SSSR count). The molecule has 2 amide bonds. The van der Waals surface area contributed by atoms with Crippen LogP contribution in [0.5, 0.6) is 5.75 Å². The normalized spacial score (nSPS) is 13.3. The van der Waals surface area contributed by atoms with Crippen LogP contribution in [0.2, 0.25) is 0 Å². The molecule has 200 valence electrons. The number of aliphatic hydroxyl groups excluding tert-OH is 1. The van der Waals surface area contributed by atoms with Crippen LogP contribution in [0.3, 0.4) is 0 Å². The summed E-state index contributed by atoms with van der Waals surface area (Å²) in [6.07, 6.45) is 6.57. The Hall–Kier alpha value is -3.10. The van der Waals surface area contributed by atoms with Gasteiger partial charge in [-0.3, -0.25) is 4.79 Å². The zero-order valence-corrected chi connectivity index (χ0v) is 21.8. The van der Waals surface area contributed by atoms with Gasteiger partial charge in [0.1, 0.15) is 11.3 Å². The number of esters is 1. The molecule has 0 heterocycles. The Morgan fingerprint density at radius 1 is 1.00 bits per heavy atom. The summed E-state index contributed by atoms with van der Waals surface area (Å²) in [6.45, 7) is 5.17. The van der Waals surface area contributed by atoms with E-state index in [2.05, 4.69) is 27.5 Å². The number of hydrogen-bond donors (Lipinski definition) is 4. The van der Waals surface area contributed by atoms with E-state index >= 15 is 0 Å². The maximum absolute atomic E-state index is 12.3. The highest BCUT2D eigenvalue weighted by Crippen LogP contribution is 2.33. The maximum Gasteiger partial charge on any atom is 0.325 e. The van der Waals surface area contributed by atoms with Gasteiger partial charge in [0.2, 0.25) is 0 Å². The predicted molar refractivity (Wildman–Crippen MR) is 147 cm³/mol. The van der Waals surface area contributed by atoms with Gasteiger partial charge in [-0.1, -0.05) is 37.5 Å². The first kappa shape index (κ1) is 29.9. The third-order valence-electron chi connectivity index (χ3n) is 5.56. The van der Waals surface area contributed by atoms with Crippen LogP contribution >= 0.6 is 0 Å². The number of anilines is 2. The minimum Gasteiger partial charge on any atom is -0.495 e. The van der Waals surface area contributed by atoms with Crippen molar-refractivity contribution in [2.75, 3.05) is 32.0 Å². The van der Waals surface area contributed by atoms with E-state index in [1.54, 1.807) is 21.0 Å².